The average Bonchev–Trinajstić information content (AvgIpc) is 2.91. The van der Waals surface area contributed by atoms with E-state index in [4.69, 9.17) is 0 Å². The molecule has 0 atom stereocenters. The second kappa shape index (κ2) is 9.95. The number of nitriles is 1. The Morgan fingerprint density at radius 3 is 2.44 bits per heavy atom. The zero-order chi connectivity index (χ0) is 24.9. The molecular weight excluding hydrogens is 448 g/mol. The Balaban J connectivity index is 1.33. The molecule has 0 bridgehead atoms. The molecule has 1 amide bonds. The largest absolute Gasteiger partial charge is 0.355 e. The normalized spacial score (nSPS) is 10.4. The fourth-order valence-electron chi connectivity index (χ4n) is 3.90. The fourth-order valence-corrected chi connectivity index (χ4v) is 3.90. The Bertz CT molecular complexity index is 1610. The Labute approximate surface area is 208 Å². The number of hydrogen-bond donors (Lipinski definition) is 3. The van der Waals surface area contributed by atoms with Crippen LogP contribution in [0.5, 0.6) is 0 Å². The van der Waals surface area contributed by atoms with Crippen molar-refractivity contribution in [1.29, 1.82) is 5.26 Å². The highest BCUT2D eigenvalue weighted by Gasteiger charge is 2.10. The third-order valence-electron chi connectivity index (χ3n) is 5.72. The van der Waals surface area contributed by atoms with Crippen LogP contribution < -0.4 is 16.0 Å². The van der Waals surface area contributed by atoms with E-state index in [0.29, 0.717) is 11.1 Å². The number of carbonyl (C=O) groups is 1. The number of nitrogens with zero attached hydrogens (tertiary/aromatic N) is 3. The molecule has 0 saturated carbocycles. The van der Waals surface area contributed by atoms with Gasteiger partial charge in [-0.25, -0.2) is 0 Å². The minimum absolute atomic E-state index is 0.206. The van der Waals surface area contributed by atoms with Gasteiger partial charge in [0.2, 0.25) is 0 Å². The van der Waals surface area contributed by atoms with Gasteiger partial charge in [0.1, 0.15) is 0 Å². The maximum Gasteiger partial charge on any atom is 0.255 e. The quantitative estimate of drug-likeness (QED) is 0.260. The molecule has 0 aliphatic carbocycles. The molecule has 0 saturated heterocycles. The molecule has 0 unspecified atom stereocenters. The molecule has 2 aromatic heterocycles. The van der Waals surface area contributed by atoms with Crippen LogP contribution in [0.25, 0.3) is 10.9 Å². The zero-order valence-corrected chi connectivity index (χ0v) is 19.5. The van der Waals surface area contributed by atoms with Gasteiger partial charge in [0, 0.05) is 58.0 Å². The second-order valence-corrected chi connectivity index (χ2v) is 8.25. The predicted molar refractivity (Wildman–Crippen MR) is 143 cm³/mol. The summed E-state index contributed by atoms with van der Waals surface area (Å²) < 4.78 is 0. The van der Waals surface area contributed by atoms with Crippen molar-refractivity contribution >= 4 is 45.2 Å². The smallest absolute Gasteiger partial charge is 0.255 e. The second-order valence-electron chi connectivity index (χ2n) is 8.25. The Hall–Kier alpha value is -5.22. The lowest BCUT2D eigenvalue weighted by atomic mass is 10.1. The summed E-state index contributed by atoms with van der Waals surface area (Å²) in [6.45, 7) is 1.95. The molecular formula is C29H22N6O. The molecule has 5 rings (SSSR count). The number of carbonyl (C=O) groups excluding carboxylic acids is 1. The lowest BCUT2D eigenvalue weighted by Crippen LogP contribution is -2.13. The summed E-state index contributed by atoms with van der Waals surface area (Å²) in [5.41, 5.74) is 6.97. The van der Waals surface area contributed by atoms with Gasteiger partial charge < -0.3 is 16.0 Å². The SMILES string of the molecule is Cc1cc(Nc2ccncc2)ccc1NC(=O)c1cccc(Nc2ccnc3ccc(C#N)cc23)c1. The van der Waals surface area contributed by atoms with Crippen LogP contribution in [0, 0.1) is 18.3 Å². The molecule has 0 aliphatic rings. The van der Waals surface area contributed by atoms with Crippen LogP contribution in [0.4, 0.5) is 28.4 Å². The molecule has 0 spiro atoms. The number of nitrogens with one attached hydrogen (secondary N) is 3. The molecule has 3 aromatic carbocycles. The van der Waals surface area contributed by atoms with E-state index in [1.165, 1.54) is 0 Å². The van der Waals surface area contributed by atoms with E-state index < -0.39 is 0 Å². The molecule has 2 heterocycles. The number of hydrogen-bond acceptors (Lipinski definition) is 6. The highest BCUT2D eigenvalue weighted by atomic mass is 16.1. The van der Waals surface area contributed by atoms with E-state index in [1.54, 1.807) is 42.9 Å². The molecule has 36 heavy (non-hydrogen) atoms. The summed E-state index contributed by atoms with van der Waals surface area (Å²) in [5, 5.41) is 19.8. The number of aromatic nitrogens is 2. The number of fused-ring (bicyclic) bond motifs is 1. The van der Waals surface area contributed by atoms with Crippen molar-refractivity contribution in [1.82, 2.24) is 9.97 Å². The van der Waals surface area contributed by atoms with E-state index in [2.05, 4.69) is 32.0 Å². The molecule has 0 radical (unpaired) electrons. The number of rotatable bonds is 6. The lowest BCUT2D eigenvalue weighted by Gasteiger charge is -2.13. The Morgan fingerprint density at radius 2 is 1.64 bits per heavy atom. The summed E-state index contributed by atoms with van der Waals surface area (Å²) in [5.74, 6) is -0.206. The number of amides is 1. The molecule has 0 aliphatic heterocycles. The van der Waals surface area contributed by atoms with Gasteiger partial charge >= 0.3 is 0 Å². The standard InChI is InChI=1S/C29H22N6O/c1-19-15-24(33-22-9-12-31-13-10-22)6-8-26(19)35-29(36)21-3-2-4-23(17-21)34-28-11-14-32-27-7-5-20(18-30)16-25(27)28/h2-17H,1H3,(H,31,33)(H,32,34)(H,35,36). The molecule has 7 heteroatoms. The lowest BCUT2D eigenvalue weighted by molar-refractivity contribution is 0.102. The van der Waals surface area contributed by atoms with Gasteiger partial charge in [-0.05, 0) is 85.3 Å². The van der Waals surface area contributed by atoms with Gasteiger partial charge in [0.05, 0.1) is 17.1 Å². The summed E-state index contributed by atoms with van der Waals surface area (Å²) in [7, 11) is 0. The van der Waals surface area contributed by atoms with Crippen molar-refractivity contribution < 1.29 is 4.79 Å². The van der Waals surface area contributed by atoms with E-state index in [9.17, 15) is 10.1 Å². The first-order valence-electron chi connectivity index (χ1n) is 11.3. The number of anilines is 5. The number of aryl methyl sites for hydroxylation is 1. The fraction of sp³-hybridized carbons (Fsp3) is 0.0345. The van der Waals surface area contributed by atoms with Crippen LogP contribution in [0.1, 0.15) is 21.5 Å². The van der Waals surface area contributed by atoms with Crippen molar-refractivity contribution in [2.45, 2.75) is 6.92 Å². The third kappa shape index (κ3) is 4.98. The van der Waals surface area contributed by atoms with Gasteiger partial charge in [-0.2, -0.15) is 5.26 Å². The van der Waals surface area contributed by atoms with Crippen molar-refractivity contribution in [3.63, 3.8) is 0 Å². The van der Waals surface area contributed by atoms with Crippen LogP contribution in [-0.2, 0) is 0 Å². The minimum Gasteiger partial charge on any atom is -0.355 e. The van der Waals surface area contributed by atoms with Crippen LogP contribution >= 0.6 is 0 Å². The topological polar surface area (TPSA) is 103 Å². The van der Waals surface area contributed by atoms with Gasteiger partial charge in [-0.3, -0.25) is 14.8 Å². The summed E-state index contributed by atoms with van der Waals surface area (Å²) in [6.07, 6.45) is 5.17. The molecule has 174 valence electrons. The van der Waals surface area contributed by atoms with Crippen LogP contribution in [0.3, 0.4) is 0 Å². The number of benzene rings is 3. The predicted octanol–water partition coefficient (Wildman–Crippen LogP) is 6.55. The maximum absolute atomic E-state index is 13.0. The van der Waals surface area contributed by atoms with Gasteiger partial charge in [-0.15, -0.1) is 0 Å². The monoisotopic (exact) mass is 470 g/mol. The molecule has 0 fully saturated rings. The third-order valence-corrected chi connectivity index (χ3v) is 5.72. The summed E-state index contributed by atoms with van der Waals surface area (Å²) in [6, 6.07) is 26.2. The summed E-state index contributed by atoms with van der Waals surface area (Å²) >= 11 is 0. The maximum atomic E-state index is 13.0. The average molecular weight is 471 g/mol. The molecule has 5 aromatic rings. The highest BCUT2D eigenvalue weighted by Crippen LogP contribution is 2.27. The Morgan fingerprint density at radius 1 is 0.806 bits per heavy atom. The molecule has 3 N–H and O–H groups in total. The van der Waals surface area contributed by atoms with Crippen molar-refractivity contribution in [3.05, 3.63) is 114 Å². The van der Waals surface area contributed by atoms with Gasteiger partial charge in [-0.1, -0.05) is 6.07 Å². The first-order chi connectivity index (χ1) is 17.6. The Kier molecular flexibility index (Phi) is 6.24. The van der Waals surface area contributed by atoms with E-state index in [0.717, 1.165) is 44.9 Å². The summed E-state index contributed by atoms with van der Waals surface area (Å²) in [4.78, 5) is 21.4. The van der Waals surface area contributed by atoms with E-state index in [1.807, 2.05) is 61.5 Å². The highest BCUT2D eigenvalue weighted by molar-refractivity contribution is 6.05. The van der Waals surface area contributed by atoms with Crippen LogP contribution in [0.15, 0.2) is 97.5 Å². The van der Waals surface area contributed by atoms with Crippen molar-refractivity contribution in [3.8, 4) is 6.07 Å². The van der Waals surface area contributed by atoms with E-state index in [-0.39, 0.29) is 5.91 Å². The van der Waals surface area contributed by atoms with Crippen LogP contribution in [-0.4, -0.2) is 15.9 Å². The van der Waals surface area contributed by atoms with Gasteiger partial charge in [0.25, 0.3) is 5.91 Å². The van der Waals surface area contributed by atoms with Crippen molar-refractivity contribution in [2.24, 2.45) is 0 Å². The minimum atomic E-state index is -0.206. The van der Waals surface area contributed by atoms with Gasteiger partial charge in [0.15, 0.2) is 0 Å². The first-order valence-corrected chi connectivity index (χ1v) is 11.3. The van der Waals surface area contributed by atoms with Crippen molar-refractivity contribution in [2.75, 3.05) is 16.0 Å². The first kappa shape index (κ1) is 22.6. The van der Waals surface area contributed by atoms with E-state index >= 15 is 0 Å². The van der Waals surface area contributed by atoms with Crippen LogP contribution in [0.2, 0.25) is 0 Å². The number of pyridine rings is 2. The molecule has 7 nitrogen and oxygen atoms in total. The zero-order valence-electron chi connectivity index (χ0n) is 19.5.